The SMILES string of the molecule is OCC(Nc1nc(Nc2cn[nH]c2)ncc1Cl)c1ccccc1F. The van der Waals surface area contributed by atoms with Gasteiger partial charge in [-0.2, -0.15) is 10.1 Å². The summed E-state index contributed by atoms with van der Waals surface area (Å²) in [5.74, 6) is 0.138. The molecular weight excluding hydrogens is 335 g/mol. The molecule has 1 unspecified atom stereocenters. The molecule has 2 aromatic heterocycles. The van der Waals surface area contributed by atoms with Gasteiger partial charge in [0.2, 0.25) is 5.95 Å². The number of rotatable bonds is 6. The van der Waals surface area contributed by atoms with E-state index in [2.05, 4.69) is 30.8 Å². The molecule has 0 bridgehead atoms. The monoisotopic (exact) mass is 348 g/mol. The Morgan fingerprint density at radius 1 is 1.29 bits per heavy atom. The number of aromatic nitrogens is 4. The summed E-state index contributed by atoms with van der Waals surface area (Å²) in [6, 6.07) is 5.49. The number of nitrogens with zero attached hydrogens (tertiary/aromatic N) is 3. The van der Waals surface area contributed by atoms with Crippen LogP contribution in [0, 0.1) is 5.82 Å². The highest BCUT2D eigenvalue weighted by atomic mass is 35.5. The van der Waals surface area contributed by atoms with E-state index >= 15 is 0 Å². The van der Waals surface area contributed by atoms with Crippen molar-refractivity contribution in [3.05, 3.63) is 59.3 Å². The Kier molecular flexibility index (Phi) is 4.88. The molecule has 4 N–H and O–H groups in total. The summed E-state index contributed by atoms with van der Waals surface area (Å²) in [4.78, 5) is 8.31. The third-order valence-corrected chi connectivity index (χ3v) is 3.55. The van der Waals surface area contributed by atoms with Crippen molar-refractivity contribution in [1.29, 1.82) is 0 Å². The van der Waals surface area contributed by atoms with Gasteiger partial charge in [0.15, 0.2) is 5.82 Å². The summed E-state index contributed by atoms with van der Waals surface area (Å²) in [6.07, 6.45) is 4.62. The van der Waals surface area contributed by atoms with Crippen LogP contribution in [0.25, 0.3) is 0 Å². The van der Waals surface area contributed by atoms with Crippen LogP contribution in [-0.4, -0.2) is 31.9 Å². The second-order valence-electron chi connectivity index (χ2n) is 4.90. The number of hydrogen-bond donors (Lipinski definition) is 4. The molecule has 1 atom stereocenters. The molecule has 1 aromatic carbocycles. The molecule has 124 valence electrons. The molecule has 0 spiro atoms. The van der Waals surface area contributed by atoms with E-state index in [9.17, 15) is 9.50 Å². The number of hydrogen-bond acceptors (Lipinski definition) is 6. The summed E-state index contributed by atoms with van der Waals surface area (Å²) in [6.45, 7) is -0.328. The molecule has 3 aromatic rings. The second kappa shape index (κ2) is 7.24. The summed E-state index contributed by atoms with van der Waals surface area (Å²) < 4.78 is 13.9. The fourth-order valence-electron chi connectivity index (χ4n) is 2.12. The van der Waals surface area contributed by atoms with Crippen molar-refractivity contribution in [3.8, 4) is 0 Å². The highest BCUT2D eigenvalue weighted by Crippen LogP contribution is 2.26. The highest BCUT2D eigenvalue weighted by Gasteiger charge is 2.17. The molecule has 2 heterocycles. The Hall–Kier alpha value is -2.71. The zero-order chi connectivity index (χ0) is 16.9. The number of aliphatic hydroxyl groups excluding tert-OH is 1. The minimum absolute atomic E-state index is 0.252. The van der Waals surface area contributed by atoms with E-state index in [0.29, 0.717) is 11.3 Å². The number of halogens is 2. The van der Waals surface area contributed by atoms with Crippen LogP contribution in [0.4, 0.5) is 21.8 Å². The van der Waals surface area contributed by atoms with Gasteiger partial charge < -0.3 is 15.7 Å². The molecule has 7 nitrogen and oxygen atoms in total. The summed E-state index contributed by atoms with van der Waals surface area (Å²) in [7, 11) is 0. The van der Waals surface area contributed by atoms with Gasteiger partial charge in [0.05, 0.1) is 30.7 Å². The van der Waals surface area contributed by atoms with Gasteiger partial charge in [0.25, 0.3) is 0 Å². The van der Waals surface area contributed by atoms with Crippen molar-refractivity contribution in [2.24, 2.45) is 0 Å². The summed E-state index contributed by atoms with van der Waals surface area (Å²) in [5, 5.41) is 22.2. The van der Waals surface area contributed by atoms with Crippen LogP contribution in [0.3, 0.4) is 0 Å². The fraction of sp³-hybridized carbons (Fsp3) is 0.133. The number of anilines is 3. The molecule has 0 fully saturated rings. The van der Waals surface area contributed by atoms with E-state index in [1.54, 1.807) is 30.6 Å². The zero-order valence-corrected chi connectivity index (χ0v) is 13.1. The molecule has 0 aliphatic heterocycles. The first-order chi connectivity index (χ1) is 11.7. The molecule has 24 heavy (non-hydrogen) atoms. The van der Waals surface area contributed by atoms with Crippen LogP contribution in [0.2, 0.25) is 5.02 Å². The van der Waals surface area contributed by atoms with Crippen LogP contribution in [0.15, 0.2) is 42.9 Å². The van der Waals surface area contributed by atoms with Crippen LogP contribution >= 0.6 is 11.6 Å². The smallest absolute Gasteiger partial charge is 0.229 e. The second-order valence-corrected chi connectivity index (χ2v) is 5.31. The van der Waals surface area contributed by atoms with Gasteiger partial charge in [-0.1, -0.05) is 29.8 Å². The molecule has 0 saturated carbocycles. The minimum Gasteiger partial charge on any atom is -0.394 e. The maximum Gasteiger partial charge on any atom is 0.229 e. The highest BCUT2D eigenvalue weighted by molar-refractivity contribution is 6.32. The first kappa shape index (κ1) is 16.2. The van der Waals surface area contributed by atoms with Gasteiger partial charge in [0.1, 0.15) is 10.8 Å². The van der Waals surface area contributed by atoms with Crippen LogP contribution in [0.1, 0.15) is 11.6 Å². The maximum atomic E-state index is 13.9. The lowest BCUT2D eigenvalue weighted by atomic mass is 10.1. The molecule has 0 amide bonds. The van der Waals surface area contributed by atoms with Gasteiger partial charge in [0, 0.05) is 11.8 Å². The van der Waals surface area contributed by atoms with Crippen LogP contribution < -0.4 is 10.6 Å². The van der Waals surface area contributed by atoms with E-state index in [0.717, 1.165) is 0 Å². The van der Waals surface area contributed by atoms with Crippen molar-refractivity contribution < 1.29 is 9.50 Å². The lowest BCUT2D eigenvalue weighted by molar-refractivity contribution is 0.273. The van der Waals surface area contributed by atoms with Crippen molar-refractivity contribution in [2.45, 2.75) is 6.04 Å². The number of H-pyrrole nitrogens is 1. The van der Waals surface area contributed by atoms with Gasteiger partial charge in [-0.3, -0.25) is 5.10 Å². The van der Waals surface area contributed by atoms with Crippen molar-refractivity contribution >= 4 is 29.1 Å². The van der Waals surface area contributed by atoms with E-state index < -0.39 is 11.9 Å². The molecule has 0 aliphatic rings. The third-order valence-electron chi connectivity index (χ3n) is 3.27. The quantitative estimate of drug-likeness (QED) is 0.546. The Bertz CT molecular complexity index is 813. The number of aliphatic hydroxyl groups is 1. The van der Waals surface area contributed by atoms with Crippen molar-refractivity contribution in [3.63, 3.8) is 0 Å². The molecule has 3 rings (SSSR count). The Morgan fingerprint density at radius 2 is 2.12 bits per heavy atom. The summed E-state index contributed by atoms with van der Waals surface area (Å²) >= 11 is 6.10. The predicted octanol–water partition coefficient (Wildman–Crippen LogP) is 2.88. The lowest BCUT2D eigenvalue weighted by Gasteiger charge is -2.19. The van der Waals surface area contributed by atoms with E-state index in [1.807, 2.05) is 0 Å². The van der Waals surface area contributed by atoms with Gasteiger partial charge >= 0.3 is 0 Å². The molecule has 0 aliphatic carbocycles. The standard InChI is InChI=1S/C15H14ClFN6O/c16-11-7-18-15(21-9-5-19-20-6-9)23-14(11)22-13(8-24)10-3-1-2-4-12(10)17/h1-7,13,24H,8H2,(H,19,20)(H2,18,21,22,23). The van der Waals surface area contributed by atoms with Crippen LogP contribution in [-0.2, 0) is 0 Å². The topological polar surface area (TPSA) is 98.7 Å². The average Bonchev–Trinajstić information content (AvgIpc) is 3.09. The van der Waals surface area contributed by atoms with E-state index in [-0.39, 0.29) is 23.4 Å². The van der Waals surface area contributed by atoms with Gasteiger partial charge in [-0.05, 0) is 6.07 Å². The van der Waals surface area contributed by atoms with Crippen molar-refractivity contribution in [2.75, 3.05) is 17.2 Å². The normalized spacial score (nSPS) is 12.0. The molecule has 0 saturated heterocycles. The van der Waals surface area contributed by atoms with E-state index in [1.165, 1.54) is 12.3 Å². The maximum absolute atomic E-state index is 13.9. The molecular formula is C15H14ClFN6O. The Balaban J connectivity index is 1.84. The number of aromatic amines is 1. The first-order valence-electron chi connectivity index (χ1n) is 7.07. The largest absolute Gasteiger partial charge is 0.394 e. The van der Waals surface area contributed by atoms with Crippen LogP contribution in [0.5, 0.6) is 0 Å². The number of benzene rings is 1. The predicted molar refractivity (Wildman–Crippen MR) is 88.8 cm³/mol. The van der Waals surface area contributed by atoms with E-state index in [4.69, 9.17) is 11.6 Å². The first-order valence-corrected chi connectivity index (χ1v) is 7.45. The Morgan fingerprint density at radius 3 is 2.83 bits per heavy atom. The van der Waals surface area contributed by atoms with Gasteiger partial charge in [-0.15, -0.1) is 0 Å². The average molecular weight is 349 g/mol. The molecule has 0 radical (unpaired) electrons. The van der Waals surface area contributed by atoms with Gasteiger partial charge in [-0.25, -0.2) is 9.37 Å². The van der Waals surface area contributed by atoms with Crippen molar-refractivity contribution in [1.82, 2.24) is 20.2 Å². The molecule has 9 heteroatoms. The fourth-order valence-corrected chi connectivity index (χ4v) is 2.27. The third kappa shape index (κ3) is 3.61. The summed E-state index contributed by atoms with van der Waals surface area (Å²) in [5.41, 5.74) is 0.995. The minimum atomic E-state index is -0.694. The Labute approximate surface area is 141 Å². The zero-order valence-electron chi connectivity index (χ0n) is 12.4. The number of nitrogens with one attached hydrogen (secondary N) is 3. The lowest BCUT2D eigenvalue weighted by Crippen LogP contribution is -2.17.